The van der Waals surface area contributed by atoms with Crippen molar-refractivity contribution in [2.24, 2.45) is 0 Å². The number of rotatable bonds is 5. The lowest BCUT2D eigenvalue weighted by Gasteiger charge is -2.31. The van der Waals surface area contributed by atoms with Gasteiger partial charge in [-0.15, -0.1) is 0 Å². The molecular weight excluding hydrogens is 235 g/mol. The molecule has 1 fully saturated rings. The molecule has 1 saturated heterocycles. The summed E-state index contributed by atoms with van der Waals surface area (Å²) in [5.74, 6) is 0. The van der Waals surface area contributed by atoms with Crippen molar-refractivity contribution in [1.29, 1.82) is 0 Å². The van der Waals surface area contributed by atoms with Gasteiger partial charge in [-0.2, -0.15) is 13.2 Å². The fourth-order valence-electron chi connectivity index (χ4n) is 1.98. The molecule has 0 aromatic rings. The Bertz CT molecular complexity index is 221. The van der Waals surface area contributed by atoms with Crippen LogP contribution in [-0.4, -0.2) is 42.7 Å². The predicted octanol–water partition coefficient (Wildman–Crippen LogP) is 1.85. The maximum Gasteiger partial charge on any atom is 0.415 e. The Kier molecular flexibility index (Phi) is 5.69. The van der Waals surface area contributed by atoms with E-state index in [0.717, 1.165) is 19.3 Å². The van der Waals surface area contributed by atoms with Crippen LogP contribution in [0.15, 0.2) is 0 Å². The van der Waals surface area contributed by atoms with Crippen LogP contribution < -0.4 is 5.32 Å². The molecule has 17 heavy (non-hydrogen) atoms. The van der Waals surface area contributed by atoms with Gasteiger partial charge in [-0.1, -0.05) is 13.3 Å². The Hall–Kier alpha value is -0.330. The molecule has 0 radical (unpaired) electrons. The van der Waals surface area contributed by atoms with E-state index >= 15 is 0 Å². The van der Waals surface area contributed by atoms with Crippen molar-refractivity contribution in [2.75, 3.05) is 13.2 Å². The van der Waals surface area contributed by atoms with E-state index in [0.29, 0.717) is 13.0 Å². The summed E-state index contributed by atoms with van der Waals surface area (Å²) < 4.78 is 41.8. The summed E-state index contributed by atoms with van der Waals surface area (Å²) in [4.78, 5) is 0. The summed E-state index contributed by atoms with van der Waals surface area (Å²) >= 11 is 0. The highest BCUT2D eigenvalue weighted by atomic mass is 19.4. The van der Waals surface area contributed by atoms with Gasteiger partial charge in [0.15, 0.2) is 6.10 Å². The summed E-state index contributed by atoms with van der Waals surface area (Å²) in [6, 6.07) is 0.0114. The number of hydrogen-bond acceptors (Lipinski definition) is 3. The van der Waals surface area contributed by atoms with Gasteiger partial charge in [0.25, 0.3) is 0 Å². The number of halogens is 3. The first-order valence-corrected chi connectivity index (χ1v) is 6.03. The first kappa shape index (κ1) is 14.7. The smallest absolute Gasteiger partial charge is 0.382 e. The van der Waals surface area contributed by atoms with Gasteiger partial charge < -0.3 is 15.2 Å². The molecule has 1 aliphatic heterocycles. The van der Waals surface area contributed by atoms with E-state index in [2.05, 4.69) is 5.32 Å². The Labute approximate surface area is 99.3 Å². The van der Waals surface area contributed by atoms with Crippen LogP contribution >= 0.6 is 0 Å². The number of alkyl halides is 3. The highest BCUT2D eigenvalue weighted by molar-refractivity contribution is 4.79. The van der Waals surface area contributed by atoms with E-state index in [-0.39, 0.29) is 12.1 Å². The maximum absolute atomic E-state index is 12.1. The molecule has 0 aromatic carbocycles. The Balaban J connectivity index is 2.27. The monoisotopic (exact) mass is 255 g/mol. The summed E-state index contributed by atoms with van der Waals surface area (Å²) in [6.45, 7) is 2.19. The van der Waals surface area contributed by atoms with Gasteiger partial charge in [-0.05, 0) is 19.3 Å². The number of hydrogen-bond donors (Lipinski definition) is 2. The number of aliphatic hydroxyl groups excluding tert-OH is 1. The Morgan fingerprint density at radius 3 is 2.76 bits per heavy atom. The van der Waals surface area contributed by atoms with Gasteiger partial charge in [0, 0.05) is 19.2 Å². The van der Waals surface area contributed by atoms with E-state index in [1.54, 1.807) is 0 Å². The molecule has 2 N–H and O–H groups in total. The Morgan fingerprint density at radius 1 is 1.47 bits per heavy atom. The third kappa shape index (κ3) is 5.23. The van der Waals surface area contributed by atoms with Gasteiger partial charge in [-0.25, -0.2) is 0 Å². The number of aliphatic hydroxyl groups is 1. The number of ether oxygens (including phenoxy) is 1. The topological polar surface area (TPSA) is 41.5 Å². The maximum atomic E-state index is 12.1. The molecule has 0 spiro atoms. The first-order chi connectivity index (χ1) is 7.93. The minimum absolute atomic E-state index is 0.0114. The van der Waals surface area contributed by atoms with Crippen LogP contribution in [0.1, 0.15) is 32.6 Å². The van der Waals surface area contributed by atoms with Crippen molar-refractivity contribution in [3.05, 3.63) is 0 Å². The predicted molar refractivity (Wildman–Crippen MR) is 57.7 cm³/mol. The lowest BCUT2D eigenvalue weighted by Crippen LogP contribution is -2.45. The zero-order chi connectivity index (χ0) is 12.9. The molecule has 0 bridgehead atoms. The average molecular weight is 255 g/mol. The lowest BCUT2D eigenvalue weighted by atomic mass is 10.00. The molecule has 0 aromatic heterocycles. The van der Waals surface area contributed by atoms with Gasteiger partial charge in [0.05, 0.1) is 6.10 Å². The second kappa shape index (κ2) is 6.56. The van der Waals surface area contributed by atoms with Crippen molar-refractivity contribution in [3.8, 4) is 0 Å². The minimum Gasteiger partial charge on any atom is -0.382 e. The van der Waals surface area contributed by atoms with Gasteiger partial charge in [-0.3, -0.25) is 0 Å². The lowest BCUT2D eigenvalue weighted by molar-refractivity contribution is -0.202. The molecule has 0 saturated carbocycles. The molecule has 0 aliphatic carbocycles. The standard InChI is InChI=1S/C11H20F3NO2/c1-2-3-9-6-8(4-5-17-9)15-7-10(16)11(12,13)14/h8-10,15-16H,2-7H2,1H3. The molecule has 3 unspecified atom stereocenters. The van der Waals surface area contributed by atoms with Gasteiger partial charge in [0.2, 0.25) is 0 Å². The molecule has 0 amide bonds. The molecule has 3 nitrogen and oxygen atoms in total. The second-order valence-electron chi connectivity index (χ2n) is 4.47. The third-order valence-electron chi connectivity index (χ3n) is 2.96. The molecule has 102 valence electrons. The van der Waals surface area contributed by atoms with Crippen LogP contribution in [0.2, 0.25) is 0 Å². The van der Waals surface area contributed by atoms with E-state index in [9.17, 15) is 13.2 Å². The van der Waals surface area contributed by atoms with Crippen LogP contribution in [0.5, 0.6) is 0 Å². The molecule has 1 rings (SSSR count). The first-order valence-electron chi connectivity index (χ1n) is 6.03. The fourth-order valence-corrected chi connectivity index (χ4v) is 1.98. The SMILES string of the molecule is CCCC1CC(NCC(O)C(F)(F)F)CCO1. The summed E-state index contributed by atoms with van der Waals surface area (Å²) in [7, 11) is 0. The van der Waals surface area contributed by atoms with E-state index in [4.69, 9.17) is 9.84 Å². The molecule has 3 atom stereocenters. The number of nitrogens with one attached hydrogen (secondary N) is 1. The van der Waals surface area contributed by atoms with Crippen molar-refractivity contribution < 1.29 is 23.0 Å². The molecular formula is C11H20F3NO2. The van der Waals surface area contributed by atoms with Crippen LogP contribution in [0.3, 0.4) is 0 Å². The molecule has 1 aliphatic rings. The highest BCUT2D eigenvalue weighted by Crippen LogP contribution is 2.21. The fraction of sp³-hybridized carbons (Fsp3) is 1.00. The van der Waals surface area contributed by atoms with E-state index in [1.807, 2.05) is 6.92 Å². The largest absolute Gasteiger partial charge is 0.415 e. The molecule has 1 heterocycles. The summed E-state index contributed by atoms with van der Waals surface area (Å²) in [5.41, 5.74) is 0. The summed E-state index contributed by atoms with van der Waals surface area (Å²) in [6.07, 6.45) is -3.34. The van der Waals surface area contributed by atoms with Crippen molar-refractivity contribution in [2.45, 2.75) is 57.0 Å². The summed E-state index contributed by atoms with van der Waals surface area (Å²) in [5, 5.41) is 11.6. The minimum atomic E-state index is -4.54. The highest BCUT2D eigenvalue weighted by Gasteiger charge is 2.38. The normalized spacial score (nSPS) is 28.1. The van der Waals surface area contributed by atoms with Crippen molar-refractivity contribution >= 4 is 0 Å². The van der Waals surface area contributed by atoms with Gasteiger partial charge in [0.1, 0.15) is 0 Å². The van der Waals surface area contributed by atoms with Crippen LogP contribution in [-0.2, 0) is 4.74 Å². The van der Waals surface area contributed by atoms with Crippen LogP contribution in [0.4, 0.5) is 13.2 Å². The zero-order valence-corrected chi connectivity index (χ0v) is 9.96. The van der Waals surface area contributed by atoms with Crippen molar-refractivity contribution in [3.63, 3.8) is 0 Å². The third-order valence-corrected chi connectivity index (χ3v) is 2.96. The quantitative estimate of drug-likeness (QED) is 0.787. The van der Waals surface area contributed by atoms with E-state index in [1.165, 1.54) is 0 Å². The van der Waals surface area contributed by atoms with Crippen LogP contribution in [0, 0.1) is 0 Å². The average Bonchev–Trinajstić information content (AvgIpc) is 2.25. The molecule has 6 heteroatoms. The van der Waals surface area contributed by atoms with Crippen molar-refractivity contribution in [1.82, 2.24) is 5.32 Å². The van der Waals surface area contributed by atoms with Crippen LogP contribution in [0.25, 0.3) is 0 Å². The van der Waals surface area contributed by atoms with E-state index < -0.39 is 18.8 Å². The van der Waals surface area contributed by atoms with Gasteiger partial charge >= 0.3 is 6.18 Å². The zero-order valence-electron chi connectivity index (χ0n) is 9.96. The Morgan fingerprint density at radius 2 is 2.18 bits per heavy atom. The second-order valence-corrected chi connectivity index (χ2v) is 4.47.